The van der Waals surface area contributed by atoms with Gasteiger partial charge in [-0.1, -0.05) is 21.6 Å². The van der Waals surface area contributed by atoms with Gasteiger partial charge in [0.1, 0.15) is 0 Å². The van der Waals surface area contributed by atoms with Crippen LogP contribution in [0.5, 0.6) is 0 Å². The smallest absolute Gasteiger partial charge is 0.0824 e. The third kappa shape index (κ3) is 1.67. The van der Waals surface area contributed by atoms with Crippen molar-refractivity contribution >= 4 is 33.3 Å². The molecular formula is C3H5S3. The van der Waals surface area contributed by atoms with Gasteiger partial charge in [-0.2, -0.15) is 0 Å². The van der Waals surface area contributed by atoms with E-state index in [0.29, 0.717) is 0 Å². The number of hydrogen-bond donors (Lipinski definition) is 0. The van der Waals surface area contributed by atoms with Gasteiger partial charge in [-0.05, 0) is 0 Å². The van der Waals surface area contributed by atoms with Crippen LogP contribution in [-0.4, -0.2) is 11.5 Å². The summed E-state index contributed by atoms with van der Waals surface area (Å²) in [7, 11) is 3.78. The van der Waals surface area contributed by atoms with Crippen LogP contribution in [0.4, 0.5) is 0 Å². The van der Waals surface area contributed by atoms with Crippen molar-refractivity contribution < 1.29 is 0 Å². The van der Waals surface area contributed by atoms with Crippen LogP contribution in [0.3, 0.4) is 0 Å². The molecule has 0 saturated carbocycles. The second-order valence-corrected chi connectivity index (χ2v) is 4.52. The predicted octanol–water partition coefficient (Wildman–Crippen LogP) is 2.23. The second-order valence-electron chi connectivity index (χ2n) is 0.885. The molecule has 0 aromatic heterocycles. The largest absolute Gasteiger partial charge is 0.144 e. The van der Waals surface area contributed by atoms with E-state index in [4.69, 9.17) is 0 Å². The van der Waals surface area contributed by atoms with Crippen LogP contribution in [0.25, 0.3) is 0 Å². The second kappa shape index (κ2) is 3.10. The van der Waals surface area contributed by atoms with Gasteiger partial charge in [0.05, 0.1) is 5.08 Å². The number of rotatable bonds is 0. The minimum absolute atomic E-state index is 1.30. The van der Waals surface area contributed by atoms with Gasteiger partial charge in [0, 0.05) is 11.5 Å². The summed E-state index contributed by atoms with van der Waals surface area (Å²) in [6.07, 6.45) is 0. The lowest BCUT2D eigenvalue weighted by atomic mass is 11.0. The van der Waals surface area contributed by atoms with Gasteiger partial charge < -0.3 is 0 Å². The maximum atomic E-state index is 2.19. The maximum absolute atomic E-state index is 2.19. The van der Waals surface area contributed by atoms with Gasteiger partial charge in [-0.3, -0.25) is 0 Å². The summed E-state index contributed by atoms with van der Waals surface area (Å²) in [6.45, 7) is 0. The Hall–Kier alpha value is 1.05. The standard InChI is InChI=1S/C3H5S3/c1-2-5-6-3-4-1/h3H,1-2H2. The molecule has 0 amide bonds. The van der Waals surface area contributed by atoms with Crippen molar-refractivity contribution in [2.45, 2.75) is 0 Å². The molecule has 1 heterocycles. The first-order valence-electron chi connectivity index (χ1n) is 1.72. The third-order valence-corrected chi connectivity index (χ3v) is 4.14. The van der Waals surface area contributed by atoms with E-state index in [-0.39, 0.29) is 0 Å². The van der Waals surface area contributed by atoms with E-state index in [1.165, 1.54) is 11.5 Å². The van der Waals surface area contributed by atoms with Gasteiger partial charge in [0.15, 0.2) is 0 Å². The Morgan fingerprint density at radius 1 is 1.33 bits per heavy atom. The van der Waals surface area contributed by atoms with E-state index in [0.717, 1.165) is 0 Å². The van der Waals surface area contributed by atoms with Crippen LogP contribution in [0.1, 0.15) is 0 Å². The number of thioether (sulfide) groups is 1. The first kappa shape index (κ1) is 5.19. The van der Waals surface area contributed by atoms with E-state index in [1.807, 2.05) is 33.3 Å². The summed E-state index contributed by atoms with van der Waals surface area (Å²) in [4.78, 5) is 0. The van der Waals surface area contributed by atoms with E-state index in [1.54, 1.807) is 0 Å². The van der Waals surface area contributed by atoms with Crippen LogP contribution < -0.4 is 0 Å². The molecule has 1 saturated heterocycles. The summed E-state index contributed by atoms with van der Waals surface area (Å²) in [5.41, 5.74) is 0. The van der Waals surface area contributed by atoms with Crippen molar-refractivity contribution in [3.8, 4) is 0 Å². The van der Waals surface area contributed by atoms with Crippen molar-refractivity contribution in [1.82, 2.24) is 0 Å². The summed E-state index contributed by atoms with van der Waals surface area (Å²) >= 11 is 1.91. The lowest BCUT2D eigenvalue weighted by molar-refractivity contribution is 1.57. The molecular weight excluding hydrogens is 132 g/mol. The Labute approximate surface area is 50.2 Å². The molecule has 35 valence electrons. The molecule has 1 aliphatic rings. The predicted molar refractivity (Wildman–Crippen MR) is 36.8 cm³/mol. The maximum Gasteiger partial charge on any atom is 0.0824 e. The van der Waals surface area contributed by atoms with Crippen LogP contribution in [0.15, 0.2) is 0 Å². The zero-order chi connectivity index (χ0) is 4.24. The summed E-state index contributed by atoms with van der Waals surface area (Å²) in [5, 5.41) is 2.19. The summed E-state index contributed by atoms with van der Waals surface area (Å²) in [5.74, 6) is 2.61. The molecule has 0 unspecified atom stereocenters. The molecule has 0 atom stereocenters. The van der Waals surface area contributed by atoms with Gasteiger partial charge >= 0.3 is 0 Å². The summed E-state index contributed by atoms with van der Waals surface area (Å²) < 4.78 is 0. The molecule has 0 N–H and O–H groups in total. The van der Waals surface area contributed by atoms with E-state index < -0.39 is 0 Å². The third-order valence-electron chi connectivity index (χ3n) is 0.460. The van der Waals surface area contributed by atoms with Crippen molar-refractivity contribution in [2.24, 2.45) is 0 Å². The van der Waals surface area contributed by atoms with Crippen molar-refractivity contribution in [3.05, 3.63) is 5.08 Å². The highest BCUT2D eigenvalue weighted by atomic mass is 33.1. The minimum Gasteiger partial charge on any atom is -0.144 e. The molecule has 1 aliphatic heterocycles. The zero-order valence-corrected chi connectivity index (χ0v) is 5.67. The molecule has 0 nitrogen and oxygen atoms in total. The fourth-order valence-corrected chi connectivity index (χ4v) is 3.72. The Balaban J connectivity index is 2.00. The highest BCUT2D eigenvalue weighted by Crippen LogP contribution is 2.35. The van der Waals surface area contributed by atoms with E-state index in [9.17, 15) is 0 Å². The van der Waals surface area contributed by atoms with Gasteiger partial charge in [0.2, 0.25) is 0 Å². The molecule has 1 radical (unpaired) electrons. The van der Waals surface area contributed by atoms with Crippen LogP contribution >= 0.6 is 33.3 Å². The first-order valence-corrected chi connectivity index (χ1v) is 5.15. The van der Waals surface area contributed by atoms with Crippen molar-refractivity contribution in [2.75, 3.05) is 11.5 Å². The molecule has 3 heteroatoms. The van der Waals surface area contributed by atoms with E-state index >= 15 is 0 Å². The minimum atomic E-state index is 1.30. The molecule has 0 bridgehead atoms. The molecule has 0 aromatic rings. The van der Waals surface area contributed by atoms with Crippen LogP contribution in [0, 0.1) is 5.08 Å². The fraction of sp³-hybridized carbons (Fsp3) is 0.667. The van der Waals surface area contributed by atoms with Crippen LogP contribution in [-0.2, 0) is 0 Å². The molecule has 6 heavy (non-hydrogen) atoms. The molecule has 0 aromatic carbocycles. The normalized spacial score (nSPS) is 24.0. The lowest BCUT2D eigenvalue weighted by Gasteiger charge is -2.04. The average Bonchev–Trinajstić information content (AvgIpc) is 1.72. The molecule has 0 aliphatic carbocycles. The van der Waals surface area contributed by atoms with Gasteiger partial charge in [0.25, 0.3) is 0 Å². The van der Waals surface area contributed by atoms with Crippen molar-refractivity contribution in [3.63, 3.8) is 0 Å². The highest BCUT2D eigenvalue weighted by Gasteiger charge is 1.97. The Morgan fingerprint density at radius 3 is 2.50 bits per heavy atom. The highest BCUT2D eigenvalue weighted by molar-refractivity contribution is 8.79. The molecule has 0 spiro atoms. The van der Waals surface area contributed by atoms with Gasteiger partial charge in [-0.25, -0.2) is 0 Å². The monoisotopic (exact) mass is 137 g/mol. The van der Waals surface area contributed by atoms with Crippen molar-refractivity contribution in [1.29, 1.82) is 0 Å². The zero-order valence-electron chi connectivity index (χ0n) is 3.22. The SMILES string of the molecule is [CH]1SCCSS1. The first-order chi connectivity index (χ1) is 3.00. The topological polar surface area (TPSA) is 0 Å². The van der Waals surface area contributed by atoms with E-state index in [2.05, 4.69) is 5.08 Å². The average molecular weight is 137 g/mol. The number of hydrogen-bond acceptors (Lipinski definition) is 3. The fourth-order valence-electron chi connectivity index (χ4n) is 0.234. The van der Waals surface area contributed by atoms with Gasteiger partial charge in [-0.15, -0.1) is 11.8 Å². The summed E-state index contributed by atoms with van der Waals surface area (Å²) in [6, 6.07) is 0. The van der Waals surface area contributed by atoms with Crippen LogP contribution in [0.2, 0.25) is 0 Å². The Bertz CT molecular complexity index is 21.5. The molecule has 1 rings (SSSR count). The lowest BCUT2D eigenvalue weighted by Crippen LogP contribution is -1.82. The Kier molecular flexibility index (Phi) is 2.69. The quantitative estimate of drug-likeness (QED) is 0.470. The molecule has 1 fully saturated rings. The Morgan fingerprint density at radius 2 is 2.33 bits per heavy atom.